The van der Waals surface area contributed by atoms with Crippen LogP contribution in [0.3, 0.4) is 0 Å². The minimum atomic E-state index is -0.0845. The number of amides is 1. The van der Waals surface area contributed by atoms with E-state index in [1.165, 1.54) is 0 Å². The summed E-state index contributed by atoms with van der Waals surface area (Å²) in [6.07, 6.45) is 0. The molecule has 2 aromatic rings. The summed E-state index contributed by atoms with van der Waals surface area (Å²) in [5.74, 6) is 0.216. The smallest absolute Gasteiger partial charge is 0.251 e. The Hall–Kier alpha value is -2.33. The molecule has 0 unspecified atom stereocenters. The van der Waals surface area contributed by atoms with Crippen LogP contribution in [0.15, 0.2) is 48.5 Å². The van der Waals surface area contributed by atoms with Crippen molar-refractivity contribution in [2.24, 2.45) is 0 Å². The highest BCUT2D eigenvalue weighted by Gasteiger charge is 2.02. The van der Waals surface area contributed by atoms with Gasteiger partial charge in [0, 0.05) is 31.3 Å². The minimum absolute atomic E-state index is 0.0845. The summed E-state index contributed by atoms with van der Waals surface area (Å²) >= 11 is 0. The molecular weight excluding hydrogens is 252 g/mol. The monoisotopic (exact) mass is 270 g/mol. The lowest BCUT2D eigenvalue weighted by molar-refractivity contribution is 0.0963. The predicted octanol–water partition coefficient (Wildman–Crippen LogP) is 2.04. The van der Waals surface area contributed by atoms with Gasteiger partial charge >= 0.3 is 0 Å². The maximum Gasteiger partial charge on any atom is 0.251 e. The van der Waals surface area contributed by atoms with Crippen molar-refractivity contribution in [3.05, 3.63) is 65.2 Å². The Bertz CT molecular complexity index is 579. The lowest BCUT2D eigenvalue weighted by Crippen LogP contribution is -2.18. The third-order valence-electron chi connectivity index (χ3n) is 3.08. The van der Waals surface area contributed by atoms with Crippen molar-refractivity contribution >= 4 is 5.91 Å². The highest BCUT2D eigenvalue weighted by Crippen LogP contribution is 2.15. The van der Waals surface area contributed by atoms with Gasteiger partial charge in [-0.1, -0.05) is 30.3 Å². The lowest BCUT2D eigenvalue weighted by atomic mass is 10.1. The molecule has 0 heterocycles. The van der Waals surface area contributed by atoms with Crippen LogP contribution in [-0.2, 0) is 13.1 Å². The van der Waals surface area contributed by atoms with Gasteiger partial charge in [0.2, 0.25) is 0 Å². The summed E-state index contributed by atoms with van der Waals surface area (Å²) in [6.45, 7) is 1.28. The lowest BCUT2D eigenvalue weighted by Gasteiger charge is -2.07. The molecular formula is C16H18N2O2. The quantitative estimate of drug-likeness (QED) is 0.779. The van der Waals surface area contributed by atoms with Gasteiger partial charge in [-0.25, -0.2) is 0 Å². The highest BCUT2D eigenvalue weighted by molar-refractivity contribution is 5.93. The zero-order valence-corrected chi connectivity index (χ0v) is 11.4. The Labute approximate surface area is 118 Å². The van der Waals surface area contributed by atoms with Crippen LogP contribution in [-0.4, -0.2) is 18.1 Å². The summed E-state index contributed by atoms with van der Waals surface area (Å²) in [7, 11) is 1.62. The van der Waals surface area contributed by atoms with Gasteiger partial charge < -0.3 is 15.7 Å². The number of rotatable bonds is 5. The van der Waals surface area contributed by atoms with Gasteiger partial charge in [-0.2, -0.15) is 0 Å². The molecule has 0 radical (unpaired) electrons. The predicted molar refractivity (Wildman–Crippen MR) is 78.5 cm³/mol. The first-order valence-corrected chi connectivity index (χ1v) is 6.49. The molecule has 0 spiro atoms. The van der Waals surface area contributed by atoms with E-state index in [0.717, 1.165) is 11.1 Å². The molecule has 0 atom stereocenters. The van der Waals surface area contributed by atoms with Crippen molar-refractivity contribution in [1.29, 1.82) is 0 Å². The van der Waals surface area contributed by atoms with E-state index in [0.29, 0.717) is 24.4 Å². The van der Waals surface area contributed by atoms with Crippen LogP contribution < -0.4 is 10.6 Å². The van der Waals surface area contributed by atoms with Crippen LogP contribution in [0.25, 0.3) is 0 Å². The van der Waals surface area contributed by atoms with Gasteiger partial charge in [-0.3, -0.25) is 4.79 Å². The Morgan fingerprint density at radius 2 is 1.75 bits per heavy atom. The number of hydrogen-bond donors (Lipinski definition) is 3. The molecule has 4 nitrogen and oxygen atoms in total. The van der Waals surface area contributed by atoms with Gasteiger partial charge in [-0.15, -0.1) is 0 Å². The first kappa shape index (κ1) is 14.1. The van der Waals surface area contributed by atoms with E-state index in [9.17, 15) is 9.90 Å². The minimum Gasteiger partial charge on any atom is -0.508 e. The van der Waals surface area contributed by atoms with Crippen molar-refractivity contribution in [3.63, 3.8) is 0 Å². The average molecular weight is 270 g/mol. The third kappa shape index (κ3) is 3.59. The second-order valence-electron chi connectivity index (χ2n) is 4.51. The van der Waals surface area contributed by atoms with Gasteiger partial charge in [-0.05, 0) is 23.8 Å². The van der Waals surface area contributed by atoms with E-state index in [-0.39, 0.29) is 5.91 Å². The highest BCUT2D eigenvalue weighted by atomic mass is 16.3. The second-order valence-corrected chi connectivity index (χ2v) is 4.51. The molecule has 20 heavy (non-hydrogen) atoms. The molecule has 3 N–H and O–H groups in total. The van der Waals surface area contributed by atoms with E-state index in [2.05, 4.69) is 10.6 Å². The van der Waals surface area contributed by atoms with Crippen LogP contribution in [0.1, 0.15) is 21.5 Å². The first-order chi connectivity index (χ1) is 9.70. The largest absolute Gasteiger partial charge is 0.508 e. The van der Waals surface area contributed by atoms with Crippen molar-refractivity contribution in [2.75, 3.05) is 7.05 Å². The molecule has 0 saturated heterocycles. The van der Waals surface area contributed by atoms with Crippen LogP contribution in [0.2, 0.25) is 0 Å². The van der Waals surface area contributed by atoms with Crippen LogP contribution in [0.4, 0.5) is 0 Å². The number of para-hydroxylation sites is 1. The number of carbonyl (C=O) groups is 1. The zero-order chi connectivity index (χ0) is 14.4. The van der Waals surface area contributed by atoms with Crippen LogP contribution in [0, 0.1) is 0 Å². The van der Waals surface area contributed by atoms with Crippen LogP contribution >= 0.6 is 0 Å². The summed E-state index contributed by atoms with van der Waals surface area (Å²) in [5, 5.41) is 15.5. The standard InChI is InChI=1S/C16H18N2O2/c1-17-16(20)13-8-6-12(7-9-13)10-18-11-14-4-2-3-5-15(14)19/h2-9,18-19H,10-11H2,1H3,(H,17,20). The molecule has 0 aromatic heterocycles. The van der Waals surface area contributed by atoms with Gasteiger partial charge in [0.05, 0.1) is 0 Å². The molecule has 0 saturated carbocycles. The number of nitrogens with one attached hydrogen (secondary N) is 2. The maximum absolute atomic E-state index is 11.4. The number of benzene rings is 2. The van der Waals surface area contributed by atoms with Gasteiger partial charge in [0.15, 0.2) is 0 Å². The number of aromatic hydroxyl groups is 1. The van der Waals surface area contributed by atoms with Crippen molar-refractivity contribution in [1.82, 2.24) is 10.6 Å². The zero-order valence-electron chi connectivity index (χ0n) is 11.4. The number of carbonyl (C=O) groups excluding carboxylic acids is 1. The molecule has 0 aliphatic heterocycles. The average Bonchev–Trinajstić information content (AvgIpc) is 2.49. The number of phenols is 1. The van der Waals surface area contributed by atoms with E-state index < -0.39 is 0 Å². The fraction of sp³-hybridized carbons (Fsp3) is 0.188. The van der Waals surface area contributed by atoms with Crippen molar-refractivity contribution in [3.8, 4) is 5.75 Å². The molecule has 0 aliphatic carbocycles. The molecule has 0 aliphatic rings. The Kier molecular flexibility index (Phi) is 4.74. The molecule has 0 fully saturated rings. The molecule has 104 valence electrons. The van der Waals surface area contributed by atoms with E-state index in [1.54, 1.807) is 31.3 Å². The van der Waals surface area contributed by atoms with Crippen molar-refractivity contribution in [2.45, 2.75) is 13.1 Å². The second kappa shape index (κ2) is 6.73. The van der Waals surface area contributed by atoms with Gasteiger partial charge in [0.25, 0.3) is 5.91 Å². The Morgan fingerprint density at radius 1 is 1.05 bits per heavy atom. The number of phenolic OH excluding ortho intramolecular Hbond substituents is 1. The van der Waals surface area contributed by atoms with Crippen LogP contribution in [0.5, 0.6) is 5.75 Å². The molecule has 2 rings (SSSR count). The number of hydrogen-bond acceptors (Lipinski definition) is 3. The summed E-state index contributed by atoms with van der Waals surface area (Å²) < 4.78 is 0. The topological polar surface area (TPSA) is 61.4 Å². The van der Waals surface area contributed by atoms with Gasteiger partial charge in [0.1, 0.15) is 5.75 Å². The van der Waals surface area contributed by atoms with E-state index in [1.807, 2.05) is 24.3 Å². The summed E-state index contributed by atoms with van der Waals surface area (Å²) in [4.78, 5) is 11.4. The van der Waals surface area contributed by atoms with E-state index >= 15 is 0 Å². The third-order valence-corrected chi connectivity index (χ3v) is 3.08. The maximum atomic E-state index is 11.4. The fourth-order valence-electron chi connectivity index (χ4n) is 1.92. The molecule has 1 amide bonds. The molecule has 0 bridgehead atoms. The van der Waals surface area contributed by atoms with Crippen molar-refractivity contribution < 1.29 is 9.90 Å². The summed E-state index contributed by atoms with van der Waals surface area (Å²) in [5.41, 5.74) is 2.61. The Morgan fingerprint density at radius 3 is 2.40 bits per heavy atom. The molecule has 2 aromatic carbocycles. The fourth-order valence-corrected chi connectivity index (χ4v) is 1.92. The van der Waals surface area contributed by atoms with E-state index in [4.69, 9.17) is 0 Å². The summed E-state index contributed by atoms with van der Waals surface area (Å²) in [6, 6.07) is 14.7. The normalized spacial score (nSPS) is 10.2. The molecule has 4 heteroatoms. The first-order valence-electron chi connectivity index (χ1n) is 6.49. The Balaban J connectivity index is 1.88. The SMILES string of the molecule is CNC(=O)c1ccc(CNCc2ccccc2O)cc1.